The van der Waals surface area contributed by atoms with Crippen LogP contribution < -0.4 is 5.32 Å². The van der Waals surface area contributed by atoms with Crippen molar-refractivity contribution in [1.29, 1.82) is 0 Å². The highest BCUT2D eigenvalue weighted by Crippen LogP contribution is 2.16. The van der Waals surface area contributed by atoms with Crippen molar-refractivity contribution in [3.8, 4) is 0 Å². The van der Waals surface area contributed by atoms with Crippen LogP contribution in [0.2, 0.25) is 0 Å². The number of carbonyl (C=O) groups excluding carboxylic acids is 1. The topological polar surface area (TPSA) is 69.6 Å². The summed E-state index contributed by atoms with van der Waals surface area (Å²) < 4.78 is 13.1. The van der Waals surface area contributed by atoms with Gasteiger partial charge >= 0.3 is 5.97 Å². The van der Waals surface area contributed by atoms with Crippen LogP contribution in [-0.4, -0.2) is 48.1 Å². The van der Waals surface area contributed by atoms with Crippen molar-refractivity contribution in [2.45, 2.75) is 13.3 Å². The van der Waals surface area contributed by atoms with Gasteiger partial charge in [-0.05, 0) is 36.6 Å². The van der Waals surface area contributed by atoms with Gasteiger partial charge in [0.25, 0.3) is 5.91 Å². The number of carboxylic acid groups (broad SMARTS) is 1. The molecular formula is C15H19FN2O3. The minimum Gasteiger partial charge on any atom is -0.481 e. The van der Waals surface area contributed by atoms with Crippen LogP contribution in [0.1, 0.15) is 22.3 Å². The third-order valence-corrected chi connectivity index (χ3v) is 3.64. The molecule has 1 aliphatic heterocycles. The highest BCUT2D eigenvalue weighted by atomic mass is 19.1. The summed E-state index contributed by atoms with van der Waals surface area (Å²) in [5, 5.41) is 12.0. The van der Waals surface area contributed by atoms with E-state index in [0.29, 0.717) is 37.3 Å². The van der Waals surface area contributed by atoms with Gasteiger partial charge in [-0.1, -0.05) is 0 Å². The Bertz CT molecular complexity index is 548. The molecule has 0 aliphatic carbocycles. The molecule has 1 atom stereocenters. The van der Waals surface area contributed by atoms with Crippen molar-refractivity contribution in [3.05, 3.63) is 35.1 Å². The zero-order valence-corrected chi connectivity index (χ0v) is 11.9. The van der Waals surface area contributed by atoms with Crippen molar-refractivity contribution >= 4 is 11.9 Å². The summed E-state index contributed by atoms with van der Waals surface area (Å²) >= 11 is 0. The second-order valence-electron chi connectivity index (χ2n) is 5.38. The molecule has 0 spiro atoms. The molecule has 5 nitrogen and oxygen atoms in total. The number of rotatable bonds is 3. The number of benzene rings is 1. The standard InChI is InChI=1S/C15H19FN2O3/c1-10-6-12(16)2-3-13(10)15(21)18-5-4-17-8-11(9-18)7-14(19)20/h2-3,6,11,17H,4-5,7-9H2,1H3,(H,19,20)/t11-/m0/s1. The monoisotopic (exact) mass is 294 g/mol. The fraction of sp³-hybridized carbons (Fsp3) is 0.467. The maximum absolute atomic E-state index is 13.1. The normalized spacial score (nSPS) is 19.1. The molecule has 1 aromatic carbocycles. The maximum Gasteiger partial charge on any atom is 0.303 e. The Morgan fingerprint density at radius 2 is 2.24 bits per heavy atom. The molecule has 0 radical (unpaired) electrons. The second-order valence-corrected chi connectivity index (χ2v) is 5.38. The molecule has 1 fully saturated rings. The predicted octanol–water partition coefficient (Wildman–Crippen LogP) is 1.27. The number of carboxylic acids is 1. The van der Waals surface area contributed by atoms with E-state index in [9.17, 15) is 14.0 Å². The highest BCUT2D eigenvalue weighted by molar-refractivity contribution is 5.95. The minimum absolute atomic E-state index is 0.0270. The first-order valence-corrected chi connectivity index (χ1v) is 6.95. The molecule has 114 valence electrons. The van der Waals surface area contributed by atoms with Crippen molar-refractivity contribution in [2.75, 3.05) is 26.2 Å². The van der Waals surface area contributed by atoms with Gasteiger partial charge in [0.2, 0.25) is 0 Å². The number of aliphatic carboxylic acids is 1. The first kappa shape index (κ1) is 15.4. The average molecular weight is 294 g/mol. The molecule has 1 amide bonds. The van der Waals surface area contributed by atoms with Crippen molar-refractivity contribution in [1.82, 2.24) is 10.2 Å². The summed E-state index contributed by atoms with van der Waals surface area (Å²) in [7, 11) is 0. The van der Waals surface area contributed by atoms with Crippen LogP contribution in [0, 0.1) is 18.7 Å². The van der Waals surface area contributed by atoms with E-state index in [1.165, 1.54) is 18.2 Å². The lowest BCUT2D eigenvalue weighted by molar-refractivity contribution is -0.138. The molecule has 0 aromatic heterocycles. The number of carbonyl (C=O) groups is 2. The maximum atomic E-state index is 13.1. The molecule has 21 heavy (non-hydrogen) atoms. The molecule has 2 rings (SSSR count). The minimum atomic E-state index is -0.867. The van der Waals surface area contributed by atoms with Crippen LogP contribution in [0.3, 0.4) is 0 Å². The van der Waals surface area contributed by atoms with Crippen LogP contribution in [0.15, 0.2) is 18.2 Å². The first-order valence-electron chi connectivity index (χ1n) is 6.95. The van der Waals surface area contributed by atoms with E-state index in [-0.39, 0.29) is 24.1 Å². The van der Waals surface area contributed by atoms with E-state index in [2.05, 4.69) is 5.32 Å². The molecule has 0 bridgehead atoms. The summed E-state index contributed by atoms with van der Waals surface area (Å²) in [6, 6.07) is 4.08. The molecule has 6 heteroatoms. The average Bonchev–Trinajstić information content (AvgIpc) is 2.63. The highest BCUT2D eigenvalue weighted by Gasteiger charge is 2.25. The Morgan fingerprint density at radius 3 is 2.90 bits per heavy atom. The Kier molecular flexibility index (Phi) is 4.90. The van der Waals surface area contributed by atoms with Crippen LogP contribution in [0.4, 0.5) is 4.39 Å². The predicted molar refractivity (Wildman–Crippen MR) is 75.7 cm³/mol. The Hall–Kier alpha value is -1.95. The van der Waals surface area contributed by atoms with Gasteiger partial charge in [0.15, 0.2) is 0 Å². The van der Waals surface area contributed by atoms with Crippen LogP contribution >= 0.6 is 0 Å². The quantitative estimate of drug-likeness (QED) is 0.881. The number of nitrogens with one attached hydrogen (secondary N) is 1. The van der Waals surface area contributed by atoms with Gasteiger partial charge in [-0.15, -0.1) is 0 Å². The van der Waals surface area contributed by atoms with Crippen molar-refractivity contribution in [3.63, 3.8) is 0 Å². The molecule has 2 N–H and O–H groups in total. The van der Waals surface area contributed by atoms with Crippen molar-refractivity contribution in [2.24, 2.45) is 5.92 Å². The third kappa shape index (κ3) is 4.01. The van der Waals surface area contributed by atoms with Gasteiger partial charge in [0, 0.05) is 31.7 Å². The van der Waals surface area contributed by atoms with E-state index >= 15 is 0 Å². The summed E-state index contributed by atoms with van der Waals surface area (Å²) in [6.07, 6.45) is 0.0270. The zero-order valence-electron chi connectivity index (χ0n) is 11.9. The smallest absolute Gasteiger partial charge is 0.303 e. The number of amides is 1. The number of halogens is 1. The molecule has 1 heterocycles. The van der Waals surface area contributed by atoms with E-state index in [0.717, 1.165) is 0 Å². The number of hydrogen-bond donors (Lipinski definition) is 2. The van der Waals surface area contributed by atoms with Crippen LogP contribution in [-0.2, 0) is 4.79 Å². The molecule has 0 saturated carbocycles. The second kappa shape index (κ2) is 6.67. The Morgan fingerprint density at radius 1 is 1.48 bits per heavy atom. The Balaban J connectivity index is 2.14. The van der Waals surface area contributed by atoms with Gasteiger partial charge in [-0.2, -0.15) is 0 Å². The van der Waals surface area contributed by atoms with Gasteiger partial charge in [0.05, 0.1) is 6.42 Å². The zero-order chi connectivity index (χ0) is 15.4. The van der Waals surface area contributed by atoms with Gasteiger partial charge in [-0.3, -0.25) is 9.59 Å². The fourth-order valence-corrected chi connectivity index (χ4v) is 2.59. The van der Waals surface area contributed by atoms with Crippen molar-refractivity contribution < 1.29 is 19.1 Å². The van der Waals surface area contributed by atoms with E-state index in [1.54, 1.807) is 11.8 Å². The molecule has 1 aromatic rings. The first-order chi connectivity index (χ1) is 9.97. The van der Waals surface area contributed by atoms with E-state index in [4.69, 9.17) is 5.11 Å². The molecule has 0 unspecified atom stereocenters. The molecule has 1 aliphatic rings. The lowest BCUT2D eigenvalue weighted by atomic mass is 10.0. The van der Waals surface area contributed by atoms with E-state index in [1.807, 2.05) is 0 Å². The third-order valence-electron chi connectivity index (χ3n) is 3.64. The van der Waals surface area contributed by atoms with Crippen LogP contribution in [0.25, 0.3) is 0 Å². The number of nitrogens with zero attached hydrogens (tertiary/aromatic N) is 1. The Labute approximate surface area is 122 Å². The van der Waals surface area contributed by atoms with E-state index < -0.39 is 5.97 Å². The number of hydrogen-bond acceptors (Lipinski definition) is 3. The SMILES string of the molecule is Cc1cc(F)ccc1C(=O)N1CCNC[C@H](CC(=O)O)C1. The molecular weight excluding hydrogens is 275 g/mol. The summed E-state index contributed by atoms with van der Waals surface area (Å²) in [4.78, 5) is 25.0. The fourth-order valence-electron chi connectivity index (χ4n) is 2.59. The molecule has 1 saturated heterocycles. The lowest BCUT2D eigenvalue weighted by Gasteiger charge is -2.24. The van der Waals surface area contributed by atoms with Crippen LogP contribution in [0.5, 0.6) is 0 Å². The largest absolute Gasteiger partial charge is 0.481 e. The number of aryl methyl sites for hydroxylation is 1. The van der Waals surface area contributed by atoms with Gasteiger partial charge in [0.1, 0.15) is 5.82 Å². The van der Waals surface area contributed by atoms with Gasteiger partial charge in [-0.25, -0.2) is 4.39 Å². The summed E-state index contributed by atoms with van der Waals surface area (Å²) in [5.41, 5.74) is 1.05. The summed E-state index contributed by atoms with van der Waals surface area (Å²) in [6.45, 7) is 3.82. The summed E-state index contributed by atoms with van der Waals surface area (Å²) in [5.74, 6) is -1.53. The van der Waals surface area contributed by atoms with Gasteiger partial charge < -0.3 is 15.3 Å². The lowest BCUT2D eigenvalue weighted by Crippen LogP contribution is -2.36.